The van der Waals surface area contributed by atoms with Crippen molar-refractivity contribution in [3.05, 3.63) is 93.8 Å². The summed E-state index contributed by atoms with van der Waals surface area (Å²) in [5.41, 5.74) is 4.78. The maximum Gasteiger partial charge on any atom is 0.273 e. The van der Waals surface area contributed by atoms with E-state index in [1.807, 2.05) is 85.3 Å². The van der Waals surface area contributed by atoms with Crippen molar-refractivity contribution in [1.29, 1.82) is 0 Å². The lowest BCUT2D eigenvalue weighted by atomic mass is 10.2. The molecule has 1 aromatic carbocycles. The third-order valence-corrected chi connectivity index (χ3v) is 4.15. The second-order valence-corrected chi connectivity index (χ2v) is 6.16. The first-order valence-electron chi connectivity index (χ1n) is 8.41. The molecule has 4 aromatic rings. The summed E-state index contributed by atoms with van der Waals surface area (Å²) in [6, 6.07) is 19.1. The summed E-state index contributed by atoms with van der Waals surface area (Å²) in [7, 11) is 0. The van der Waals surface area contributed by atoms with Crippen LogP contribution in [0.2, 0.25) is 0 Å². The van der Waals surface area contributed by atoms with Gasteiger partial charge in [0, 0.05) is 23.5 Å². The number of nitrogens with zero attached hydrogens (tertiary/aromatic N) is 4. The maximum atomic E-state index is 12.7. The van der Waals surface area contributed by atoms with Gasteiger partial charge in [-0.3, -0.25) is 9.78 Å². The topological polar surface area (TPSA) is 52.2 Å². The molecule has 3 heterocycles. The number of hydrogen-bond donors (Lipinski definition) is 0. The summed E-state index contributed by atoms with van der Waals surface area (Å²) in [6.07, 6.45) is 3.69. The Morgan fingerprint density at radius 2 is 1.62 bits per heavy atom. The van der Waals surface area contributed by atoms with Crippen molar-refractivity contribution in [3.8, 4) is 5.69 Å². The van der Waals surface area contributed by atoms with E-state index in [1.54, 1.807) is 4.52 Å². The van der Waals surface area contributed by atoms with Crippen molar-refractivity contribution in [3.63, 3.8) is 0 Å². The van der Waals surface area contributed by atoms with E-state index in [-0.39, 0.29) is 5.56 Å². The molecule has 128 valence electrons. The summed E-state index contributed by atoms with van der Waals surface area (Å²) in [5, 5.41) is 0. The number of pyridine rings is 1. The molecule has 0 aliphatic carbocycles. The number of benzene rings is 1. The summed E-state index contributed by atoms with van der Waals surface area (Å²) >= 11 is 0. The Balaban J connectivity index is 1.80. The number of rotatable bonds is 3. The van der Waals surface area contributed by atoms with Gasteiger partial charge in [-0.2, -0.15) is 4.52 Å². The molecule has 0 fully saturated rings. The van der Waals surface area contributed by atoms with Crippen molar-refractivity contribution in [2.75, 3.05) is 0 Å². The highest BCUT2D eigenvalue weighted by molar-refractivity contribution is 5.67. The molecule has 0 aliphatic heterocycles. The van der Waals surface area contributed by atoms with Crippen LogP contribution in [-0.2, 0) is 0 Å². The van der Waals surface area contributed by atoms with Gasteiger partial charge in [0.25, 0.3) is 5.56 Å². The van der Waals surface area contributed by atoms with E-state index in [0.29, 0.717) is 11.3 Å². The van der Waals surface area contributed by atoms with Gasteiger partial charge in [0.15, 0.2) is 5.65 Å². The summed E-state index contributed by atoms with van der Waals surface area (Å²) in [4.78, 5) is 21.8. The molecule has 0 saturated heterocycles. The smallest absolute Gasteiger partial charge is 0.267 e. The molecule has 0 N–H and O–H groups in total. The van der Waals surface area contributed by atoms with Gasteiger partial charge in [-0.25, -0.2) is 9.67 Å². The second-order valence-electron chi connectivity index (χ2n) is 6.16. The minimum Gasteiger partial charge on any atom is -0.267 e. The van der Waals surface area contributed by atoms with Gasteiger partial charge in [-0.15, -0.1) is 0 Å². The minimum absolute atomic E-state index is 0.121. The molecule has 0 radical (unpaired) electrons. The van der Waals surface area contributed by atoms with Crippen molar-refractivity contribution >= 4 is 17.8 Å². The lowest BCUT2D eigenvalue weighted by Crippen LogP contribution is -2.20. The quantitative estimate of drug-likeness (QED) is 0.571. The Morgan fingerprint density at radius 1 is 0.846 bits per heavy atom. The van der Waals surface area contributed by atoms with Gasteiger partial charge in [0.05, 0.1) is 17.1 Å². The van der Waals surface area contributed by atoms with Gasteiger partial charge >= 0.3 is 0 Å². The van der Waals surface area contributed by atoms with Crippen LogP contribution in [0.4, 0.5) is 0 Å². The predicted molar refractivity (Wildman–Crippen MR) is 103 cm³/mol. The molecule has 0 saturated carbocycles. The largest absolute Gasteiger partial charge is 0.273 e. The predicted octanol–water partition coefficient (Wildman–Crippen LogP) is 3.67. The van der Waals surface area contributed by atoms with Crippen LogP contribution in [0.15, 0.2) is 65.5 Å². The first-order valence-corrected chi connectivity index (χ1v) is 8.41. The minimum atomic E-state index is -0.121. The average Bonchev–Trinajstić information content (AvgIpc) is 2.97. The zero-order chi connectivity index (χ0) is 18.1. The van der Waals surface area contributed by atoms with Gasteiger partial charge in [-0.1, -0.05) is 24.3 Å². The molecular formula is C21H18N4O. The van der Waals surface area contributed by atoms with E-state index in [2.05, 4.69) is 9.97 Å². The fourth-order valence-corrected chi connectivity index (χ4v) is 3.01. The third kappa shape index (κ3) is 2.95. The lowest BCUT2D eigenvalue weighted by Gasteiger charge is -2.08. The first-order chi connectivity index (χ1) is 12.6. The molecular weight excluding hydrogens is 324 g/mol. The van der Waals surface area contributed by atoms with Crippen LogP contribution in [0.1, 0.15) is 22.8 Å². The van der Waals surface area contributed by atoms with E-state index < -0.39 is 0 Å². The lowest BCUT2D eigenvalue weighted by molar-refractivity contribution is 0.742. The number of aromatic nitrogens is 4. The molecule has 3 aromatic heterocycles. The van der Waals surface area contributed by atoms with Crippen molar-refractivity contribution in [1.82, 2.24) is 19.2 Å². The van der Waals surface area contributed by atoms with Crippen molar-refractivity contribution in [2.45, 2.75) is 13.8 Å². The van der Waals surface area contributed by atoms with E-state index in [0.717, 1.165) is 22.8 Å². The maximum absolute atomic E-state index is 12.7. The fourth-order valence-electron chi connectivity index (χ4n) is 3.01. The Bertz CT molecular complexity index is 1170. The van der Waals surface area contributed by atoms with Gasteiger partial charge in [0.2, 0.25) is 0 Å². The monoisotopic (exact) mass is 342 g/mol. The molecule has 26 heavy (non-hydrogen) atoms. The number of para-hydroxylation sites is 1. The SMILES string of the molecule is Cc1cccc(C=Cc2cc(=O)n3c(cc(C)n3-c3ccccc3)n2)n1. The Kier molecular flexibility index (Phi) is 3.97. The molecule has 0 spiro atoms. The highest BCUT2D eigenvalue weighted by Gasteiger charge is 2.10. The molecule has 0 bridgehead atoms. The van der Waals surface area contributed by atoms with Crippen LogP contribution in [0, 0.1) is 13.8 Å². The Morgan fingerprint density at radius 3 is 2.38 bits per heavy atom. The van der Waals surface area contributed by atoms with E-state index in [1.165, 1.54) is 6.07 Å². The highest BCUT2D eigenvalue weighted by Crippen LogP contribution is 2.14. The van der Waals surface area contributed by atoms with Gasteiger partial charge in [0.1, 0.15) is 0 Å². The normalized spacial score (nSPS) is 11.5. The summed E-state index contributed by atoms with van der Waals surface area (Å²) < 4.78 is 3.47. The summed E-state index contributed by atoms with van der Waals surface area (Å²) in [6.45, 7) is 3.91. The highest BCUT2D eigenvalue weighted by atomic mass is 16.1. The fraction of sp³-hybridized carbons (Fsp3) is 0.0952. The molecule has 0 atom stereocenters. The zero-order valence-electron chi connectivity index (χ0n) is 14.6. The number of fused-ring (bicyclic) bond motifs is 1. The van der Waals surface area contributed by atoms with Gasteiger partial charge < -0.3 is 0 Å². The molecule has 0 unspecified atom stereocenters. The van der Waals surface area contributed by atoms with Crippen LogP contribution in [0.5, 0.6) is 0 Å². The summed E-state index contributed by atoms with van der Waals surface area (Å²) in [5.74, 6) is 0. The van der Waals surface area contributed by atoms with E-state index in [4.69, 9.17) is 0 Å². The van der Waals surface area contributed by atoms with E-state index in [9.17, 15) is 4.79 Å². The van der Waals surface area contributed by atoms with Crippen molar-refractivity contribution < 1.29 is 0 Å². The molecule has 4 rings (SSSR count). The van der Waals surface area contributed by atoms with Crippen molar-refractivity contribution in [2.24, 2.45) is 0 Å². The van der Waals surface area contributed by atoms with Crippen LogP contribution in [0.25, 0.3) is 23.5 Å². The Hall–Kier alpha value is -3.47. The zero-order valence-corrected chi connectivity index (χ0v) is 14.6. The standard InChI is InChI=1S/C21H18N4O/c1-15-7-6-8-17(22-15)11-12-18-14-21(26)25-20(23-18)13-16(2)24(25)19-9-4-3-5-10-19/h3-14H,1-2H3. The second kappa shape index (κ2) is 6.44. The molecule has 5 nitrogen and oxygen atoms in total. The third-order valence-electron chi connectivity index (χ3n) is 4.15. The van der Waals surface area contributed by atoms with Gasteiger partial charge in [-0.05, 0) is 50.3 Å². The Labute approximate surface area is 150 Å². The van der Waals surface area contributed by atoms with Crippen LogP contribution < -0.4 is 5.56 Å². The number of aryl methyl sites for hydroxylation is 2. The molecule has 0 amide bonds. The first kappa shape index (κ1) is 16.0. The van der Waals surface area contributed by atoms with E-state index >= 15 is 0 Å². The van der Waals surface area contributed by atoms with Crippen LogP contribution in [0.3, 0.4) is 0 Å². The average molecular weight is 342 g/mol. The molecule has 5 heteroatoms. The van der Waals surface area contributed by atoms with Crippen LogP contribution >= 0.6 is 0 Å². The molecule has 0 aliphatic rings. The number of hydrogen-bond acceptors (Lipinski definition) is 3. The van der Waals surface area contributed by atoms with Crippen LogP contribution in [-0.4, -0.2) is 19.2 Å².